The van der Waals surface area contributed by atoms with E-state index in [0.29, 0.717) is 13.0 Å². The molecule has 1 amide bonds. The van der Waals surface area contributed by atoms with Crippen LogP contribution >= 0.6 is 0 Å². The summed E-state index contributed by atoms with van der Waals surface area (Å²) in [6, 6.07) is 15.4. The summed E-state index contributed by atoms with van der Waals surface area (Å²) in [5.74, 6) is -0.556. The topological polar surface area (TPSA) is 73.9 Å². The maximum absolute atomic E-state index is 12.2. The molecule has 3 rings (SSSR count). The molecule has 6 nitrogen and oxygen atoms in total. The summed E-state index contributed by atoms with van der Waals surface area (Å²) in [4.78, 5) is 24.0. The Kier molecular flexibility index (Phi) is 6.08. The molecule has 2 aromatic rings. The quantitative estimate of drug-likeness (QED) is 0.759. The van der Waals surface area contributed by atoms with E-state index in [0.717, 1.165) is 22.3 Å². The Morgan fingerprint density at radius 3 is 2.15 bits per heavy atom. The summed E-state index contributed by atoms with van der Waals surface area (Å²) >= 11 is 0. The molecule has 0 saturated carbocycles. The first-order chi connectivity index (χ1) is 13.2. The lowest BCUT2D eigenvalue weighted by Crippen LogP contribution is -2.42. The lowest BCUT2D eigenvalue weighted by Gasteiger charge is -2.18. The highest BCUT2D eigenvalue weighted by Gasteiger charge is 2.29. The van der Waals surface area contributed by atoms with Gasteiger partial charge in [-0.05, 0) is 22.3 Å². The number of fused-ring (bicyclic) bond motifs is 3. The molecular weight excluding hydrogens is 346 g/mol. The molecule has 27 heavy (non-hydrogen) atoms. The number of nitrogens with one attached hydrogen (secondary N) is 1. The first-order valence-electron chi connectivity index (χ1n) is 8.84. The van der Waals surface area contributed by atoms with Crippen LogP contribution in [0.25, 0.3) is 11.1 Å². The number of hydrogen-bond donors (Lipinski definition) is 1. The van der Waals surface area contributed by atoms with Crippen LogP contribution in [0.2, 0.25) is 0 Å². The normalized spacial score (nSPS) is 13.4. The van der Waals surface area contributed by atoms with E-state index in [1.807, 2.05) is 24.3 Å². The number of benzene rings is 2. The van der Waals surface area contributed by atoms with Gasteiger partial charge in [0.25, 0.3) is 0 Å². The van der Waals surface area contributed by atoms with E-state index >= 15 is 0 Å². The largest absolute Gasteiger partial charge is 0.467 e. The third-order valence-electron chi connectivity index (χ3n) is 4.73. The number of hydrogen-bond acceptors (Lipinski definition) is 5. The first-order valence-corrected chi connectivity index (χ1v) is 8.84. The van der Waals surface area contributed by atoms with Crippen LogP contribution in [-0.2, 0) is 19.0 Å². The summed E-state index contributed by atoms with van der Waals surface area (Å²) in [6.45, 7) is 0.515. The molecule has 1 unspecified atom stereocenters. The zero-order valence-electron chi connectivity index (χ0n) is 15.4. The molecule has 0 radical (unpaired) electrons. The summed E-state index contributed by atoms with van der Waals surface area (Å²) in [7, 11) is 2.81. The number of carbonyl (C=O) groups is 2. The number of esters is 1. The molecule has 0 fully saturated rings. The molecule has 6 heteroatoms. The number of amides is 1. The van der Waals surface area contributed by atoms with Crippen molar-refractivity contribution >= 4 is 12.1 Å². The van der Waals surface area contributed by atoms with Crippen molar-refractivity contribution in [2.24, 2.45) is 0 Å². The van der Waals surface area contributed by atoms with Crippen LogP contribution in [-0.4, -0.2) is 45.5 Å². The average molecular weight is 369 g/mol. The SMILES string of the molecule is COCCC(NC(=O)OCC1c2ccccc2-c2ccccc21)C(=O)OC. The number of alkyl carbamates (subject to hydrolysis) is 1. The minimum absolute atomic E-state index is 0.0290. The Morgan fingerprint density at radius 2 is 1.59 bits per heavy atom. The number of methoxy groups -OCH3 is 2. The zero-order chi connectivity index (χ0) is 19.2. The van der Waals surface area contributed by atoms with E-state index in [1.54, 1.807) is 0 Å². The van der Waals surface area contributed by atoms with Gasteiger partial charge in [0.2, 0.25) is 0 Å². The highest BCUT2D eigenvalue weighted by Crippen LogP contribution is 2.44. The van der Waals surface area contributed by atoms with Gasteiger partial charge in [0.05, 0.1) is 7.11 Å². The van der Waals surface area contributed by atoms with Crippen molar-refractivity contribution in [2.45, 2.75) is 18.4 Å². The Balaban J connectivity index is 1.67. The van der Waals surface area contributed by atoms with Crippen LogP contribution in [0, 0.1) is 0 Å². The Morgan fingerprint density at radius 1 is 1.00 bits per heavy atom. The number of ether oxygens (including phenoxy) is 3. The van der Waals surface area contributed by atoms with Crippen molar-refractivity contribution in [3.05, 3.63) is 59.7 Å². The lowest BCUT2D eigenvalue weighted by molar-refractivity contribution is -0.143. The predicted octanol–water partition coefficient (Wildman–Crippen LogP) is 3.10. The molecular formula is C21H23NO5. The summed E-state index contributed by atoms with van der Waals surface area (Å²) in [5.41, 5.74) is 4.59. The molecule has 0 spiro atoms. The zero-order valence-corrected chi connectivity index (χ0v) is 15.4. The van der Waals surface area contributed by atoms with Gasteiger partial charge in [0.1, 0.15) is 12.6 Å². The summed E-state index contributed by atoms with van der Waals surface area (Å²) in [5, 5.41) is 2.56. The predicted molar refractivity (Wildman–Crippen MR) is 101 cm³/mol. The molecule has 1 aliphatic rings. The fourth-order valence-corrected chi connectivity index (χ4v) is 3.41. The molecule has 142 valence electrons. The van der Waals surface area contributed by atoms with Crippen LogP contribution in [0.1, 0.15) is 23.5 Å². The van der Waals surface area contributed by atoms with E-state index in [-0.39, 0.29) is 12.5 Å². The third-order valence-corrected chi connectivity index (χ3v) is 4.73. The molecule has 0 saturated heterocycles. The van der Waals surface area contributed by atoms with Crippen LogP contribution in [0.3, 0.4) is 0 Å². The maximum atomic E-state index is 12.2. The maximum Gasteiger partial charge on any atom is 0.407 e. The average Bonchev–Trinajstić information content (AvgIpc) is 3.03. The van der Waals surface area contributed by atoms with Gasteiger partial charge in [0, 0.05) is 26.1 Å². The lowest BCUT2D eigenvalue weighted by atomic mass is 9.98. The van der Waals surface area contributed by atoms with Crippen LogP contribution < -0.4 is 5.32 Å². The van der Waals surface area contributed by atoms with Crippen LogP contribution in [0.4, 0.5) is 4.79 Å². The van der Waals surface area contributed by atoms with Gasteiger partial charge in [0.15, 0.2) is 0 Å². The second-order valence-corrected chi connectivity index (χ2v) is 6.33. The van der Waals surface area contributed by atoms with Gasteiger partial charge in [-0.1, -0.05) is 48.5 Å². The second-order valence-electron chi connectivity index (χ2n) is 6.33. The van der Waals surface area contributed by atoms with Crippen LogP contribution in [0.5, 0.6) is 0 Å². The first kappa shape index (κ1) is 18.9. The molecule has 1 N–H and O–H groups in total. The van der Waals surface area contributed by atoms with Crippen molar-refractivity contribution in [3.63, 3.8) is 0 Å². The van der Waals surface area contributed by atoms with Crippen molar-refractivity contribution in [2.75, 3.05) is 27.4 Å². The van der Waals surface area contributed by atoms with Gasteiger partial charge in [-0.3, -0.25) is 0 Å². The Labute approximate surface area is 158 Å². The van der Waals surface area contributed by atoms with Gasteiger partial charge in [-0.2, -0.15) is 0 Å². The monoisotopic (exact) mass is 369 g/mol. The van der Waals surface area contributed by atoms with Gasteiger partial charge >= 0.3 is 12.1 Å². The van der Waals surface area contributed by atoms with E-state index in [9.17, 15) is 9.59 Å². The second kappa shape index (κ2) is 8.68. The highest BCUT2D eigenvalue weighted by molar-refractivity contribution is 5.82. The molecule has 0 heterocycles. The van der Waals surface area contributed by atoms with Crippen molar-refractivity contribution in [1.29, 1.82) is 0 Å². The minimum Gasteiger partial charge on any atom is -0.467 e. The molecule has 0 bridgehead atoms. The minimum atomic E-state index is -0.800. The van der Waals surface area contributed by atoms with E-state index in [4.69, 9.17) is 14.2 Å². The van der Waals surface area contributed by atoms with Gasteiger partial charge < -0.3 is 19.5 Å². The fourth-order valence-electron chi connectivity index (χ4n) is 3.41. The van der Waals surface area contributed by atoms with Crippen LogP contribution in [0.15, 0.2) is 48.5 Å². The van der Waals surface area contributed by atoms with Crippen molar-refractivity contribution in [1.82, 2.24) is 5.32 Å². The molecule has 0 aromatic heterocycles. The molecule has 1 atom stereocenters. The molecule has 2 aromatic carbocycles. The van der Waals surface area contributed by atoms with Gasteiger partial charge in [-0.15, -0.1) is 0 Å². The fraction of sp³-hybridized carbons (Fsp3) is 0.333. The third kappa shape index (κ3) is 4.11. The summed E-state index contributed by atoms with van der Waals surface area (Å²) < 4.78 is 15.1. The number of rotatable bonds is 7. The van der Waals surface area contributed by atoms with E-state index in [2.05, 4.69) is 29.6 Å². The summed E-state index contributed by atoms with van der Waals surface area (Å²) in [6.07, 6.45) is -0.337. The van der Waals surface area contributed by atoms with Crippen molar-refractivity contribution < 1.29 is 23.8 Å². The molecule has 1 aliphatic carbocycles. The Hall–Kier alpha value is -2.86. The molecule has 0 aliphatic heterocycles. The standard InChI is InChI=1S/C21H23NO5/c1-25-12-11-19(20(23)26-2)22-21(24)27-13-18-16-9-5-3-7-14(16)15-8-4-6-10-17(15)18/h3-10,18-19H,11-13H2,1-2H3,(H,22,24). The van der Waals surface area contributed by atoms with Crippen molar-refractivity contribution in [3.8, 4) is 11.1 Å². The van der Waals surface area contributed by atoms with E-state index < -0.39 is 18.1 Å². The number of carbonyl (C=O) groups excluding carboxylic acids is 2. The highest BCUT2D eigenvalue weighted by atomic mass is 16.6. The van der Waals surface area contributed by atoms with E-state index in [1.165, 1.54) is 14.2 Å². The Bertz CT molecular complexity index is 774. The smallest absolute Gasteiger partial charge is 0.407 e. The van der Waals surface area contributed by atoms with Gasteiger partial charge in [-0.25, -0.2) is 9.59 Å².